The first-order chi connectivity index (χ1) is 10.1. The maximum atomic E-state index is 11.8. The van der Waals surface area contributed by atoms with Crippen LogP contribution in [0.25, 0.3) is 0 Å². The van der Waals surface area contributed by atoms with E-state index in [0.29, 0.717) is 12.1 Å². The van der Waals surface area contributed by atoms with Crippen molar-refractivity contribution < 1.29 is 14.3 Å². The molecule has 0 aliphatic heterocycles. The normalized spacial score (nSPS) is 17.3. The van der Waals surface area contributed by atoms with Crippen LogP contribution in [0, 0.1) is 12.8 Å². The zero-order chi connectivity index (χ0) is 15.2. The van der Waals surface area contributed by atoms with Crippen LogP contribution in [0.5, 0.6) is 0 Å². The van der Waals surface area contributed by atoms with E-state index in [4.69, 9.17) is 4.74 Å². The number of aryl methyl sites for hydroxylation is 1. The van der Waals surface area contributed by atoms with Crippen LogP contribution < -0.4 is 5.32 Å². The Morgan fingerprint density at radius 1 is 1.38 bits per heavy atom. The summed E-state index contributed by atoms with van der Waals surface area (Å²) in [4.78, 5) is 23.6. The highest BCUT2D eigenvalue weighted by molar-refractivity contribution is 9.10. The quantitative estimate of drug-likeness (QED) is 0.666. The number of rotatable bonds is 4. The molecular formula is C16H18BrNO3. The van der Waals surface area contributed by atoms with Gasteiger partial charge in [0.05, 0.1) is 11.6 Å². The first-order valence-electron chi connectivity index (χ1n) is 6.94. The number of ether oxygens (including phenoxy) is 1. The van der Waals surface area contributed by atoms with Crippen LogP contribution in [0.2, 0.25) is 0 Å². The Morgan fingerprint density at radius 2 is 2.19 bits per heavy atom. The van der Waals surface area contributed by atoms with Crippen LogP contribution in [0.15, 0.2) is 34.8 Å². The molecule has 0 saturated carbocycles. The number of amides is 1. The summed E-state index contributed by atoms with van der Waals surface area (Å²) < 4.78 is 5.88. The lowest BCUT2D eigenvalue weighted by Crippen LogP contribution is -2.25. The van der Waals surface area contributed by atoms with Crippen molar-refractivity contribution in [2.75, 3.05) is 11.9 Å². The van der Waals surface area contributed by atoms with Crippen molar-refractivity contribution in [3.63, 3.8) is 0 Å². The topological polar surface area (TPSA) is 55.4 Å². The van der Waals surface area contributed by atoms with Gasteiger partial charge in [0.15, 0.2) is 6.61 Å². The zero-order valence-corrected chi connectivity index (χ0v) is 13.5. The Kier molecular flexibility index (Phi) is 5.56. The van der Waals surface area contributed by atoms with Crippen molar-refractivity contribution in [1.82, 2.24) is 0 Å². The predicted octanol–water partition coefficient (Wildman–Crippen LogP) is 3.60. The molecule has 1 N–H and O–H groups in total. The van der Waals surface area contributed by atoms with Gasteiger partial charge in [0, 0.05) is 4.47 Å². The number of carbonyl (C=O) groups excluding carboxylic acids is 2. The van der Waals surface area contributed by atoms with Gasteiger partial charge in [0.25, 0.3) is 5.91 Å². The van der Waals surface area contributed by atoms with Crippen molar-refractivity contribution in [2.24, 2.45) is 5.92 Å². The third-order valence-corrected chi connectivity index (χ3v) is 4.00. The summed E-state index contributed by atoms with van der Waals surface area (Å²) in [5.74, 6) is -0.745. The fraction of sp³-hybridized carbons (Fsp3) is 0.375. The molecule has 0 heterocycles. The SMILES string of the molecule is Cc1ccc(NC(=O)COC(=O)C2CC=CCC2)c(Br)c1. The van der Waals surface area contributed by atoms with E-state index in [1.807, 2.05) is 31.2 Å². The van der Waals surface area contributed by atoms with Crippen LogP contribution in [0.3, 0.4) is 0 Å². The molecular weight excluding hydrogens is 334 g/mol. The number of nitrogens with one attached hydrogen (secondary N) is 1. The van der Waals surface area contributed by atoms with Crippen molar-refractivity contribution in [3.8, 4) is 0 Å². The average molecular weight is 352 g/mol. The Labute approximate surface area is 132 Å². The van der Waals surface area contributed by atoms with Gasteiger partial charge in [-0.3, -0.25) is 9.59 Å². The van der Waals surface area contributed by atoms with Crippen molar-refractivity contribution in [2.45, 2.75) is 26.2 Å². The number of hydrogen-bond acceptors (Lipinski definition) is 3. The Bertz CT molecular complexity index is 569. The molecule has 1 aliphatic carbocycles. The molecule has 0 spiro atoms. The van der Waals surface area contributed by atoms with Gasteiger partial charge in [0.2, 0.25) is 0 Å². The van der Waals surface area contributed by atoms with E-state index in [2.05, 4.69) is 27.3 Å². The molecule has 0 saturated heterocycles. The monoisotopic (exact) mass is 351 g/mol. The predicted molar refractivity (Wildman–Crippen MR) is 84.9 cm³/mol. The summed E-state index contributed by atoms with van der Waals surface area (Å²) in [6, 6.07) is 5.63. The van der Waals surface area contributed by atoms with Gasteiger partial charge >= 0.3 is 5.97 Å². The largest absolute Gasteiger partial charge is 0.455 e. The van der Waals surface area contributed by atoms with E-state index in [9.17, 15) is 9.59 Å². The second-order valence-electron chi connectivity index (χ2n) is 5.12. The first kappa shape index (κ1) is 15.8. The molecule has 1 aromatic carbocycles. The lowest BCUT2D eigenvalue weighted by molar-refractivity contribution is -0.151. The van der Waals surface area contributed by atoms with Gasteiger partial charge < -0.3 is 10.1 Å². The molecule has 1 unspecified atom stereocenters. The summed E-state index contributed by atoms with van der Waals surface area (Å²) in [6.45, 7) is 1.72. The van der Waals surface area contributed by atoms with Gasteiger partial charge in [-0.1, -0.05) is 18.2 Å². The standard InChI is InChI=1S/C16H18BrNO3/c1-11-7-8-14(13(17)9-11)18-15(19)10-21-16(20)12-5-3-2-4-6-12/h2-3,7-9,12H,4-6,10H2,1H3,(H,18,19). The van der Waals surface area contributed by atoms with Crippen molar-refractivity contribution >= 4 is 33.5 Å². The molecule has 1 atom stereocenters. The number of benzene rings is 1. The summed E-state index contributed by atoms with van der Waals surface area (Å²) in [6.07, 6.45) is 6.43. The molecule has 2 rings (SSSR count). The summed E-state index contributed by atoms with van der Waals surface area (Å²) >= 11 is 3.39. The number of anilines is 1. The lowest BCUT2D eigenvalue weighted by Gasteiger charge is -2.16. The highest BCUT2D eigenvalue weighted by Crippen LogP contribution is 2.23. The second kappa shape index (κ2) is 7.41. The van der Waals surface area contributed by atoms with Gasteiger partial charge in [0.1, 0.15) is 0 Å². The minimum absolute atomic E-state index is 0.117. The van der Waals surface area contributed by atoms with Gasteiger partial charge in [-0.15, -0.1) is 0 Å². The third-order valence-electron chi connectivity index (χ3n) is 3.35. The van der Waals surface area contributed by atoms with E-state index in [1.165, 1.54) is 0 Å². The van der Waals surface area contributed by atoms with Crippen LogP contribution >= 0.6 is 15.9 Å². The zero-order valence-electron chi connectivity index (χ0n) is 11.9. The molecule has 0 bridgehead atoms. The summed E-state index contributed by atoms with van der Waals surface area (Å²) in [7, 11) is 0. The van der Waals surface area contributed by atoms with E-state index < -0.39 is 0 Å². The molecule has 5 heteroatoms. The third kappa shape index (κ3) is 4.70. The van der Waals surface area contributed by atoms with Crippen LogP contribution in [0.4, 0.5) is 5.69 Å². The van der Waals surface area contributed by atoms with E-state index in [-0.39, 0.29) is 24.4 Å². The molecule has 0 aromatic heterocycles. The number of carbonyl (C=O) groups is 2. The van der Waals surface area contributed by atoms with Crippen LogP contribution in [0.1, 0.15) is 24.8 Å². The highest BCUT2D eigenvalue weighted by Gasteiger charge is 2.21. The molecule has 1 aliphatic rings. The highest BCUT2D eigenvalue weighted by atomic mass is 79.9. The Hall–Kier alpha value is -1.62. The summed E-state index contributed by atoms with van der Waals surface area (Å²) in [5, 5.41) is 2.72. The minimum Gasteiger partial charge on any atom is -0.455 e. The fourth-order valence-corrected chi connectivity index (χ4v) is 2.76. The van der Waals surface area contributed by atoms with E-state index in [0.717, 1.165) is 22.9 Å². The maximum absolute atomic E-state index is 11.8. The van der Waals surface area contributed by atoms with Gasteiger partial charge in [-0.25, -0.2) is 0 Å². The van der Waals surface area contributed by atoms with E-state index >= 15 is 0 Å². The Balaban J connectivity index is 1.81. The van der Waals surface area contributed by atoms with Crippen molar-refractivity contribution in [1.29, 1.82) is 0 Å². The number of halogens is 1. The summed E-state index contributed by atoms with van der Waals surface area (Å²) in [5.41, 5.74) is 1.76. The molecule has 0 fully saturated rings. The lowest BCUT2D eigenvalue weighted by atomic mass is 9.95. The smallest absolute Gasteiger partial charge is 0.309 e. The second-order valence-corrected chi connectivity index (χ2v) is 5.97. The van der Waals surface area contributed by atoms with Crippen LogP contribution in [-0.4, -0.2) is 18.5 Å². The first-order valence-corrected chi connectivity index (χ1v) is 7.73. The number of allylic oxidation sites excluding steroid dienone is 2. The Morgan fingerprint density at radius 3 is 2.86 bits per heavy atom. The molecule has 21 heavy (non-hydrogen) atoms. The van der Waals surface area contributed by atoms with Crippen molar-refractivity contribution in [3.05, 3.63) is 40.4 Å². The molecule has 112 valence electrons. The minimum atomic E-state index is -0.334. The molecule has 1 aromatic rings. The molecule has 1 amide bonds. The fourth-order valence-electron chi connectivity index (χ4n) is 2.17. The number of esters is 1. The molecule has 4 nitrogen and oxygen atoms in total. The molecule has 0 radical (unpaired) electrons. The van der Waals surface area contributed by atoms with E-state index in [1.54, 1.807) is 0 Å². The van der Waals surface area contributed by atoms with Crippen LogP contribution in [-0.2, 0) is 14.3 Å². The van der Waals surface area contributed by atoms with Gasteiger partial charge in [-0.2, -0.15) is 0 Å². The van der Waals surface area contributed by atoms with Gasteiger partial charge in [-0.05, 0) is 59.8 Å². The number of hydrogen-bond donors (Lipinski definition) is 1. The average Bonchev–Trinajstić information content (AvgIpc) is 2.48. The maximum Gasteiger partial charge on any atom is 0.309 e.